The fourth-order valence-electron chi connectivity index (χ4n) is 4.72. The van der Waals surface area contributed by atoms with Gasteiger partial charge in [-0.3, -0.25) is 14.6 Å². The van der Waals surface area contributed by atoms with Gasteiger partial charge in [0.25, 0.3) is 0 Å². The van der Waals surface area contributed by atoms with Crippen LogP contribution in [-0.4, -0.2) is 51.7 Å². The Morgan fingerprint density at radius 2 is 1.84 bits per heavy atom. The molecule has 2 atom stereocenters. The molecule has 11 N–H and O–H groups in total. The highest BCUT2D eigenvalue weighted by atomic mass is 35.5. The third-order valence-corrected chi connectivity index (χ3v) is 7.30. The number of hydrogen-bond donors (Lipinski definition) is 6. The zero-order chi connectivity index (χ0) is 32.7. The van der Waals surface area contributed by atoms with Crippen LogP contribution in [-0.2, 0) is 17.8 Å². The number of rotatable bonds is 14. The first-order chi connectivity index (χ1) is 21.4. The number of ether oxygens (including phenoxy) is 1. The Kier molecular flexibility index (Phi) is 11.1. The topological polar surface area (TPSA) is 215 Å². The van der Waals surface area contributed by atoms with Crippen LogP contribution in [0, 0.1) is 11.6 Å². The van der Waals surface area contributed by atoms with Gasteiger partial charge in [0, 0.05) is 35.3 Å². The van der Waals surface area contributed by atoms with Gasteiger partial charge >= 0.3 is 5.69 Å². The largest absolute Gasteiger partial charge is 0.371 e. The minimum absolute atomic E-state index is 0.00893. The molecule has 2 aromatic carbocycles. The normalized spacial score (nSPS) is 12.6. The summed E-state index contributed by atoms with van der Waals surface area (Å²) in [5.41, 5.74) is 29.0. The van der Waals surface area contributed by atoms with Crippen molar-refractivity contribution in [2.75, 3.05) is 13.1 Å². The number of benzene rings is 2. The third kappa shape index (κ3) is 9.00. The predicted molar refractivity (Wildman–Crippen MR) is 173 cm³/mol. The van der Waals surface area contributed by atoms with Gasteiger partial charge in [0.05, 0.1) is 35.7 Å². The quantitative estimate of drug-likeness (QED) is 0.0886. The number of aliphatic imine (C=N–C) groups is 2. The molecule has 0 amide bonds. The molecule has 0 aliphatic heterocycles. The summed E-state index contributed by atoms with van der Waals surface area (Å²) in [7, 11) is 0. The number of fused-ring (bicyclic) bond motifs is 1. The van der Waals surface area contributed by atoms with Crippen LogP contribution in [0.3, 0.4) is 0 Å². The maximum absolute atomic E-state index is 15.2. The first-order valence-electron chi connectivity index (χ1n) is 14.3. The second-order valence-corrected chi connectivity index (χ2v) is 11.2. The summed E-state index contributed by atoms with van der Waals surface area (Å²) in [6, 6.07) is 9.33. The SMILES string of the molecule is C[C@H](N)CCCc1cc(Cl)c(F)c(-c2cc3cn(-c4ccc(CO[C@H](CCN=C(N)N)CN=C(N)N)c(F)c4)c(=O)nc3[nH]2)c1. The number of H-pyrrole nitrogens is 1. The molecular formula is C30H37ClF2N10O2. The van der Waals surface area contributed by atoms with E-state index in [1.807, 2.05) is 6.92 Å². The number of hydrogen-bond acceptors (Lipinski definition) is 6. The molecule has 240 valence electrons. The van der Waals surface area contributed by atoms with Gasteiger partial charge in [0.1, 0.15) is 11.5 Å². The summed E-state index contributed by atoms with van der Waals surface area (Å²) in [6.07, 6.45) is 3.74. The van der Waals surface area contributed by atoms with Gasteiger partial charge in [-0.2, -0.15) is 4.98 Å². The number of nitrogens with one attached hydrogen (secondary N) is 1. The van der Waals surface area contributed by atoms with E-state index in [4.69, 9.17) is 45.0 Å². The Morgan fingerprint density at radius 1 is 1.09 bits per heavy atom. The molecule has 0 bridgehead atoms. The first-order valence-corrected chi connectivity index (χ1v) is 14.7. The monoisotopic (exact) mass is 642 g/mol. The van der Waals surface area contributed by atoms with Crippen molar-refractivity contribution in [1.29, 1.82) is 0 Å². The van der Waals surface area contributed by atoms with Crippen LogP contribution < -0.4 is 34.4 Å². The number of nitrogens with two attached hydrogens (primary N) is 5. The molecule has 12 nitrogen and oxygen atoms in total. The summed E-state index contributed by atoms with van der Waals surface area (Å²) >= 11 is 6.21. The Balaban J connectivity index is 1.55. The van der Waals surface area contributed by atoms with Crippen LogP contribution in [0.1, 0.15) is 37.3 Å². The lowest BCUT2D eigenvalue weighted by atomic mass is 10.0. The molecule has 45 heavy (non-hydrogen) atoms. The molecule has 4 rings (SSSR count). The van der Waals surface area contributed by atoms with E-state index >= 15 is 8.78 Å². The lowest BCUT2D eigenvalue weighted by Crippen LogP contribution is -2.27. The highest BCUT2D eigenvalue weighted by molar-refractivity contribution is 6.31. The maximum Gasteiger partial charge on any atom is 0.354 e. The molecule has 0 spiro atoms. The fourth-order valence-corrected chi connectivity index (χ4v) is 4.96. The average Bonchev–Trinajstić information content (AvgIpc) is 3.38. The van der Waals surface area contributed by atoms with Gasteiger partial charge in [-0.25, -0.2) is 13.6 Å². The molecule has 4 aromatic rings. The molecular weight excluding hydrogens is 606 g/mol. The van der Waals surface area contributed by atoms with Crippen LogP contribution in [0.25, 0.3) is 28.0 Å². The highest BCUT2D eigenvalue weighted by Gasteiger charge is 2.17. The summed E-state index contributed by atoms with van der Waals surface area (Å²) < 4.78 is 37.3. The second-order valence-electron chi connectivity index (χ2n) is 10.8. The molecule has 0 radical (unpaired) electrons. The van der Waals surface area contributed by atoms with Crippen LogP contribution in [0.4, 0.5) is 8.78 Å². The van der Waals surface area contributed by atoms with E-state index in [-0.39, 0.29) is 65.1 Å². The standard InChI is InChI=1S/C30H37ClF2N10O2/c1-16(34)3-2-4-17-9-22(26(33)23(31)10-17)25-11-19-14-43(30(44)42-27(19)41-25)20-6-5-18(24(32)12-20)15-45-21(13-40-29(37)38)7-8-39-28(35)36/h5-6,9-12,14,16,21H,2-4,7-8,13,15,34H2,1H3,(H4,35,36,39)(H4,37,38,40)(H,41,42,44)/t16-,21+/m0/s1. The van der Waals surface area contributed by atoms with E-state index in [2.05, 4.69) is 20.0 Å². The summed E-state index contributed by atoms with van der Waals surface area (Å²) in [6.45, 7) is 2.25. The minimum atomic E-state index is -0.653. The lowest BCUT2D eigenvalue weighted by molar-refractivity contribution is 0.0414. The molecule has 2 aromatic heterocycles. The van der Waals surface area contributed by atoms with Crippen molar-refractivity contribution in [1.82, 2.24) is 14.5 Å². The summed E-state index contributed by atoms with van der Waals surface area (Å²) in [5.74, 6) is -1.37. The number of aromatic amines is 1. The van der Waals surface area contributed by atoms with Crippen molar-refractivity contribution in [2.45, 2.75) is 51.4 Å². The zero-order valence-corrected chi connectivity index (χ0v) is 25.5. The van der Waals surface area contributed by atoms with E-state index in [0.29, 0.717) is 23.9 Å². The van der Waals surface area contributed by atoms with Crippen molar-refractivity contribution in [3.63, 3.8) is 0 Å². The Labute approximate surface area is 263 Å². The number of aryl methyl sites for hydroxylation is 1. The first kappa shape index (κ1) is 33.4. The second kappa shape index (κ2) is 15.0. The number of nitrogens with zero attached hydrogens (tertiary/aromatic N) is 4. The highest BCUT2D eigenvalue weighted by Crippen LogP contribution is 2.31. The predicted octanol–water partition coefficient (Wildman–Crippen LogP) is 2.80. The van der Waals surface area contributed by atoms with E-state index in [0.717, 1.165) is 18.4 Å². The number of halogens is 3. The molecule has 15 heteroatoms. The smallest absolute Gasteiger partial charge is 0.354 e. The van der Waals surface area contributed by atoms with E-state index in [1.165, 1.54) is 22.9 Å². The minimum Gasteiger partial charge on any atom is -0.371 e. The average molecular weight is 643 g/mol. The Morgan fingerprint density at radius 3 is 2.53 bits per heavy atom. The van der Waals surface area contributed by atoms with Gasteiger partial charge in [-0.15, -0.1) is 0 Å². The Hall–Kier alpha value is -4.53. The van der Waals surface area contributed by atoms with E-state index in [9.17, 15) is 4.79 Å². The van der Waals surface area contributed by atoms with Crippen molar-refractivity contribution < 1.29 is 13.5 Å². The molecule has 0 aliphatic carbocycles. The maximum atomic E-state index is 15.2. The molecule has 2 heterocycles. The number of guanidine groups is 2. The van der Waals surface area contributed by atoms with Gasteiger partial charge in [-0.1, -0.05) is 17.7 Å². The Bertz CT molecular complexity index is 1760. The van der Waals surface area contributed by atoms with Crippen LogP contribution in [0.2, 0.25) is 5.02 Å². The summed E-state index contributed by atoms with van der Waals surface area (Å²) in [4.78, 5) is 27.9. The lowest BCUT2D eigenvalue weighted by Gasteiger charge is -2.16. The van der Waals surface area contributed by atoms with Crippen LogP contribution in [0.15, 0.2) is 57.4 Å². The van der Waals surface area contributed by atoms with Gasteiger partial charge in [0.15, 0.2) is 17.7 Å². The summed E-state index contributed by atoms with van der Waals surface area (Å²) in [5, 5.41) is 0.504. The zero-order valence-electron chi connectivity index (χ0n) is 24.8. The van der Waals surface area contributed by atoms with Crippen molar-refractivity contribution >= 4 is 34.6 Å². The molecule has 0 saturated carbocycles. The molecule has 0 fully saturated rings. The third-order valence-electron chi connectivity index (χ3n) is 7.02. The van der Waals surface area contributed by atoms with Crippen molar-refractivity contribution in [3.05, 3.63) is 80.9 Å². The van der Waals surface area contributed by atoms with Crippen molar-refractivity contribution in [3.8, 4) is 16.9 Å². The fraction of sp³-hybridized carbons (Fsp3) is 0.333. The van der Waals surface area contributed by atoms with Crippen LogP contribution >= 0.6 is 11.6 Å². The van der Waals surface area contributed by atoms with E-state index < -0.39 is 23.4 Å². The van der Waals surface area contributed by atoms with Gasteiger partial charge in [0.2, 0.25) is 0 Å². The molecule has 0 unspecified atom stereocenters. The molecule has 0 saturated heterocycles. The number of aromatic nitrogens is 3. The van der Waals surface area contributed by atoms with Gasteiger partial charge in [-0.05, 0) is 68.5 Å². The van der Waals surface area contributed by atoms with Gasteiger partial charge < -0.3 is 38.4 Å². The van der Waals surface area contributed by atoms with E-state index in [1.54, 1.807) is 24.3 Å². The molecule has 0 aliphatic rings. The van der Waals surface area contributed by atoms with Crippen LogP contribution in [0.5, 0.6) is 0 Å². The van der Waals surface area contributed by atoms with Crippen molar-refractivity contribution in [2.24, 2.45) is 38.7 Å².